The van der Waals surface area contributed by atoms with Gasteiger partial charge in [-0.1, -0.05) is 58.0 Å². The molecule has 1 aliphatic rings. The van der Waals surface area contributed by atoms with Crippen LogP contribution in [0.5, 0.6) is 0 Å². The fourth-order valence-corrected chi connectivity index (χ4v) is 3.55. The number of amides is 1. The standard InChI is InChI=1S/C19H15BrN2O3S/c20-14-8-6-13(7-9-14)12-16-18(25)22(15-4-2-1-3-5-15)19(21-16)26-11-10-17(23)24/h1-9,12H,10-11H2,(H,23,24)/b16-12+. The van der Waals surface area contributed by atoms with Gasteiger partial charge in [0.1, 0.15) is 5.70 Å². The van der Waals surface area contributed by atoms with Gasteiger partial charge < -0.3 is 5.11 Å². The van der Waals surface area contributed by atoms with Crippen LogP contribution in [0.2, 0.25) is 0 Å². The van der Waals surface area contributed by atoms with E-state index in [0.29, 0.717) is 22.3 Å². The van der Waals surface area contributed by atoms with E-state index in [1.54, 1.807) is 6.08 Å². The first-order valence-electron chi connectivity index (χ1n) is 7.84. The SMILES string of the molecule is O=C(O)CCSC1=N/C(=C/c2ccc(Br)cc2)C(=O)N1c1ccccc1. The largest absolute Gasteiger partial charge is 0.481 e. The van der Waals surface area contributed by atoms with Crippen LogP contribution in [0.15, 0.2) is 69.8 Å². The zero-order chi connectivity index (χ0) is 18.5. The van der Waals surface area contributed by atoms with Crippen molar-refractivity contribution in [3.8, 4) is 0 Å². The molecule has 0 spiro atoms. The van der Waals surface area contributed by atoms with Gasteiger partial charge in [0, 0.05) is 10.2 Å². The first kappa shape index (κ1) is 18.4. The summed E-state index contributed by atoms with van der Waals surface area (Å²) in [5, 5.41) is 9.33. The minimum Gasteiger partial charge on any atom is -0.481 e. The molecule has 0 radical (unpaired) electrons. The van der Waals surface area contributed by atoms with Crippen LogP contribution in [0, 0.1) is 0 Å². The molecule has 3 rings (SSSR count). The Labute approximate surface area is 163 Å². The second-order valence-electron chi connectivity index (χ2n) is 5.44. The summed E-state index contributed by atoms with van der Waals surface area (Å²) in [7, 11) is 0. The highest BCUT2D eigenvalue weighted by molar-refractivity contribution is 9.10. The van der Waals surface area contributed by atoms with Crippen molar-refractivity contribution < 1.29 is 14.7 Å². The van der Waals surface area contributed by atoms with Gasteiger partial charge in [-0.05, 0) is 35.9 Å². The molecule has 0 unspecified atom stereocenters. The number of thioether (sulfide) groups is 1. The van der Waals surface area contributed by atoms with Crippen LogP contribution in [0.1, 0.15) is 12.0 Å². The lowest BCUT2D eigenvalue weighted by molar-refractivity contribution is -0.136. The molecule has 26 heavy (non-hydrogen) atoms. The summed E-state index contributed by atoms with van der Waals surface area (Å²) < 4.78 is 0.955. The van der Waals surface area contributed by atoms with E-state index in [1.807, 2.05) is 54.6 Å². The molecule has 1 N–H and O–H groups in total. The molecule has 0 bridgehead atoms. The number of amidine groups is 1. The van der Waals surface area contributed by atoms with Crippen LogP contribution in [0.25, 0.3) is 6.08 Å². The Morgan fingerprint density at radius 1 is 1.15 bits per heavy atom. The van der Waals surface area contributed by atoms with Gasteiger partial charge in [0.05, 0.1) is 12.1 Å². The normalized spacial score (nSPS) is 15.4. The van der Waals surface area contributed by atoms with E-state index in [9.17, 15) is 9.59 Å². The summed E-state index contributed by atoms with van der Waals surface area (Å²) in [6.07, 6.45) is 1.74. The van der Waals surface area contributed by atoms with Crippen molar-refractivity contribution in [2.24, 2.45) is 4.99 Å². The predicted octanol–water partition coefficient (Wildman–Crippen LogP) is 4.40. The Hall–Kier alpha value is -2.38. The van der Waals surface area contributed by atoms with Crippen LogP contribution < -0.4 is 4.90 Å². The molecule has 0 saturated heterocycles. The Bertz CT molecular complexity index is 879. The number of carbonyl (C=O) groups is 2. The summed E-state index contributed by atoms with van der Waals surface area (Å²) in [6.45, 7) is 0. The molecular formula is C19H15BrN2O3S. The van der Waals surface area contributed by atoms with Crippen molar-refractivity contribution in [3.63, 3.8) is 0 Å². The number of benzene rings is 2. The lowest BCUT2D eigenvalue weighted by atomic mass is 10.2. The fourth-order valence-electron chi connectivity index (χ4n) is 2.34. The lowest BCUT2D eigenvalue weighted by Gasteiger charge is -2.17. The van der Waals surface area contributed by atoms with Gasteiger partial charge in [-0.15, -0.1) is 0 Å². The number of hydrogen-bond acceptors (Lipinski definition) is 4. The molecule has 7 heteroatoms. The first-order chi connectivity index (χ1) is 12.5. The highest BCUT2D eigenvalue weighted by Gasteiger charge is 2.31. The molecule has 0 fully saturated rings. The Kier molecular flexibility index (Phi) is 5.90. The second-order valence-corrected chi connectivity index (χ2v) is 7.42. The van der Waals surface area contributed by atoms with Gasteiger partial charge in [0.2, 0.25) is 0 Å². The zero-order valence-electron chi connectivity index (χ0n) is 13.6. The van der Waals surface area contributed by atoms with E-state index >= 15 is 0 Å². The van der Waals surface area contributed by atoms with Gasteiger partial charge in [-0.25, -0.2) is 4.99 Å². The number of hydrogen-bond donors (Lipinski definition) is 1. The topological polar surface area (TPSA) is 70.0 Å². The molecule has 132 valence electrons. The maximum atomic E-state index is 12.9. The molecule has 1 heterocycles. The number of carboxylic acids is 1. The summed E-state index contributed by atoms with van der Waals surface area (Å²) in [6, 6.07) is 16.8. The number of aliphatic imine (C=N–C) groups is 1. The number of carboxylic acid groups (broad SMARTS) is 1. The number of aliphatic carboxylic acids is 1. The van der Waals surface area contributed by atoms with E-state index in [2.05, 4.69) is 20.9 Å². The molecule has 0 aromatic heterocycles. The van der Waals surface area contributed by atoms with Crippen molar-refractivity contribution in [3.05, 3.63) is 70.3 Å². The van der Waals surface area contributed by atoms with Gasteiger partial charge in [0.25, 0.3) is 5.91 Å². The van der Waals surface area contributed by atoms with E-state index in [-0.39, 0.29) is 12.3 Å². The van der Waals surface area contributed by atoms with E-state index in [0.717, 1.165) is 10.0 Å². The van der Waals surface area contributed by atoms with Gasteiger partial charge in [0.15, 0.2) is 5.17 Å². The molecule has 2 aromatic carbocycles. The number of halogens is 1. The third-order valence-corrected chi connectivity index (χ3v) is 5.03. The van der Waals surface area contributed by atoms with Gasteiger partial charge in [-0.2, -0.15) is 0 Å². The van der Waals surface area contributed by atoms with Gasteiger partial charge >= 0.3 is 5.97 Å². The second kappa shape index (κ2) is 8.33. The molecular weight excluding hydrogens is 416 g/mol. The number of nitrogens with zero attached hydrogens (tertiary/aromatic N) is 2. The van der Waals surface area contributed by atoms with Crippen molar-refractivity contribution >= 4 is 56.5 Å². The highest BCUT2D eigenvalue weighted by atomic mass is 79.9. The van der Waals surface area contributed by atoms with E-state index in [4.69, 9.17) is 5.11 Å². The van der Waals surface area contributed by atoms with Crippen LogP contribution in [-0.4, -0.2) is 27.9 Å². The average molecular weight is 431 g/mol. The quantitative estimate of drug-likeness (QED) is 0.713. The van der Waals surface area contributed by atoms with Crippen LogP contribution >= 0.6 is 27.7 Å². The molecule has 0 atom stereocenters. The number of carbonyl (C=O) groups excluding carboxylic acids is 1. The Balaban J connectivity index is 1.91. The summed E-state index contributed by atoms with van der Waals surface area (Å²) in [4.78, 5) is 29.6. The molecule has 0 aliphatic carbocycles. The van der Waals surface area contributed by atoms with Crippen LogP contribution in [0.3, 0.4) is 0 Å². The van der Waals surface area contributed by atoms with E-state index < -0.39 is 5.97 Å². The third kappa shape index (κ3) is 4.42. The summed E-state index contributed by atoms with van der Waals surface area (Å²) in [5.41, 5.74) is 1.90. The van der Waals surface area contributed by atoms with Crippen molar-refractivity contribution in [1.82, 2.24) is 0 Å². The molecule has 5 nitrogen and oxygen atoms in total. The van der Waals surface area contributed by atoms with E-state index in [1.165, 1.54) is 16.7 Å². The maximum absolute atomic E-state index is 12.9. The Morgan fingerprint density at radius 2 is 1.85 bits per heavy atom. The summed E-state index contributed by atoms with van der Waals surface area (Å²) >= 11 is 4.65. The van der Waals surface area contributed by atoms with Crippen LogP contribution in [0.4, 0.5) is 5.69 Å². The smallest absolute Gasteiger partial charge is 0.304 e. The minimum absolute atomic E-state index is 0.00622. The minimum atomic E-state index is -0.876. The first-order valence-corrected chi connectivity index (χ1v) is 9.62. The molecule has 1 aliphatic heterocycles. The predicted molar refractivity (Wildman–Crippen MR) is 108 cm³/mol. The molecule has 0 saturated carbocycles. The summed E-state index contributed by atoms with van der Waals surface area (Å²) in [5.74, 6) is -0.757. The van der Waals surface area contributed by atoms with Gasteiger partial charge in [-0.3, -0.25) is 14.5 Å². The third-order valence-electron chi connectivity index (χ3n) is 3.56. The average Bonchev–Trinajstić information content (AvgIpc) is 2.93. The Morgan fingerprint density at radius 3 is 2.50 bits per heavy atom. The fraction of sp³-hybridized carbons (Fsp3) is 0.105. The lowest BCUT2D eigenvalue weighted by Crippen LogP contribution is -2.30. The molecule has 1 amide bonds. The monoisotopic (exact) mass is 430 g/mol. The van der Waals surface area contributed by atoms with Crippen molar-refractivity contribution in [2.75, 3.05) is 10.7 Å². The van der Waals surface area contributed by atoms with Crippen molar-refractivity contribution in [2.45, 2.75) is 6.42 Å². The maximum Gasteiger partial charge on any atom is 0.304 e. The van der Waals surface area contributed by atoms with Crippen LogP contribution in [-0.2, 0) is 9.59 Å². The van der Waals surface area contributed by atoms with Crippen molar-refractivity contribution in [1.29, 1.82) is 0 Å². The number of para-hydroxylation sites is 1. The zero-order valence-corrected chi connectivity index (χ0v) is 16.0. The number of rotatable bonds is 5. The molecule has 2 aromatic rings. The number of anilines is 1. The highest BCUT2D eigenvalue weighted by Crippen LogP contribution is 2.29.